The number of rotatable bonds is 5. The third-order valence-corrected chi connectivity index (χ3v) is 5.61. The average Bonchev–Trinajstić information content (AvgIpc) is 3.09. The fourth-order valence-corrected chi connectivity index (χ4v) is 3.60. The zero-order chi connectivity index (χ0) is 22.1. The molecule has 1 unspecified atom stereocenters. The van der Waals surface area contributed by atoms with Gasteiger partial charge in [-0.25, -0.2) is 0 Å². The highest BCUT2D eigenvalue weighted by molar-refractivity contribution is 6.30. The molecule has 1 heterocycles. The van der Waals surface area contributed by atoms with Crippen molar-refractivity contribution >= 4 is 40.8 Å². The summed E-state index contributed by atoms with van der Waals surface area (Å²) < 4.78 is 0. The van der Waals surface area contributed by atoms with E-state index in [1.54, 1.807) is 72.5 Å². The molecule has 0 radical (unpaired) electrons. The molecule has 1 aliphatic heterocycles. The molecule has 0 bridgehead atoms. The van der Waals surface area contributed by atoms with Crippen LogP contribution in [0.3, 0.4) is 0 Å². The number of aliphatic carboxylic acids is 1. The highest BCUT2D eigenvalue weighted by Crippen LogP contribution is 2.31. The first-order valence-corrected chi connectivity index (χ1v) is 10.1. The Morgan fingerprint density at radius 3 is 2.35 bits per heavy atom. The number of carbonyl (C=O) groups excluding carboxylic acids is 2. The molecule has 0 saturated heterocycles. The number of amides is 2. The number of hydrogen-bond donors (Lipinski definition) is 2. The Kier molecular flexibility index (Phi) is 5.48. The van der Waals surface area contributed by atoms with E-state index in [1.807, 2.05) is 6.07 Å². The summed E-state index contributed by atoms with van der Waals surface area (Å²) in [5, 5.41) is 12.5. The van der Waals surface area contributed by atoms with Crippen LogP contribution in [0.5, 0.6) is 0 Å². The maximum atomic E-state index is 13.0. The summed E-state index contributed by atoms with van der Waals surface area (Å²) in [6.07, 6.45) is 0. The molecule has 2 amide bonds. The van der Waals surface area contributed by atoms with E-state index in [9.17, 15) is 14.4 Å². The summed E-state index contributed by atoms with van der Waals surface area (Å²) in [7, 11) is 0. The highest BCUT2D eigenvalue weighted by atomic mass is 35.5. The monoisotopic (exact) mass is 434 g/mol. The SMILES string of the molecule is CC(C(=O)O)c1ccc(N2Cc3ccc(NC(=O)c4ccc(Cl)cc4)cc3C2=O)cc1. The third kappa shape index (κ3) is 4.15. The zero-order valence-electron chi connectivity index (χ0n) is 16.6. The van der Waals surface area contributed by atoms with Gasteiger partial charge in [-0.1, -0.05) is 29.8 Å². The van der Waals surface area contributed by atoms with Gasteiger partial charge in [0.05, 0.1) is 12.5 Å². The molecule has 6 nitrogen and oxygen atoms in total. The molecule has 0 aromatic heterocycles. The smallest absolute Gasteiger partial charge is 0.310 e. The molecule has 0 fully saturated rings. The van der Waals surface area contributed by atoms with Gasteiger partial charge in [-0.2, -0.15) is 0 Å². The van der Waals surface area contributed by atoms with Gasteiger partial charge in [-0.3, -0.25) is 14.4 Å². The molecule has 31 heavy (non-hydrogen) atoms. The lowest BCUT2D eigenvalue weighted by Gasteiger charge is -2.17. The molecular weight excluding hydrogens is 416 g/mol. The van der Waals surface area contributed by atoms with Crippen molar-refractivity contribution in [2.45, 2.75) is 19.4 Å². The molecule has 156 valence electrons. The molecule has 2 N–H and O–H groups in total. The molecule has 1 atom stereocenters. The fraction of sp³-hybridized carbons (Fsp3) is 0.125. The normalized spacial score (nSPS) is 13.6. The number of nitrogens with zero attached hydrogens (tertiary/aromatic N) is 1. The van der Waals surface area contributed by atoms with Crippen molar-refractivity contribution in [2.75, 3.05) is 10.2 Å². The van der Waals surface area contributed by atoms with Crippen LogP contribution in [-0.4, -0.2) is 22.9 Å². The Hall–Kier alpha value is -3.64. The van der Waals surface area contributed by atoms with Gasteiger partial charge < -0.3 is 15.3 Å². The minimum absolute atomic E-state index is 0.170. The second-order valence-electron chi connectivity index (χ2n) is 7.38. The third-order valence-electron chi connectivity index (χ3n) is 5.35. The van der Waals surface area contributed by atoms with Crippen molar-refractivity contribution in [2.24, 2.45) is 0 Å². The minimum Gasteiger partial charge on any atom is -0.481 e. The predicted octanol–water partition coefficient (Wildman–Crippen LogP) is 4.94. The number of hydrogen-bond acceptors (Lipinski definition) is 3. The topological polar surface area (TPSA) is 86.7 Å². The van der Waals surface area contributed by atoms with Crippen LogP contribution < -0.4 is 10.2 Å². The molecule has 7 heteroatoms. The molecule has 0 spiro atoms. The zero-order valence-corrected chi connectivity index (χ0v) is 17.4. The van der Waals surface area contributed by atoms with Crippen molar-refractivity contribution in [3.8, 4) is 0 Å². The van der Waals surface area contributed by atoms with E-state index < -0.39 is 11.9 Å². The molecule has 0 aliphatic carbocycles. The lowest BCUT2D eigenvalue weighted by Crippen LogP contribution is -2.23. The van der Waals surface area contributed by atoms with E-state index >= 15 is 0 Å². The first-order valence-electron chi connectivity index (χ1n) is 9.68. The number of carbonyl (C=O) groups is 3. The number of anilines is 2. The molecule has 3 aromatic carbocycles. The number of carboxylic acid groups (broad SMARTS) is 1. The van der Waals surface area contributed by atoms with E-state index in [4.69, 9.17) is 16.7 Å². The Morgan fingerprint density at radius 2 is 1.71 bits per heavy atom. The second kappa shape index (κ2) is 8.24. The van der Waals surface area contributed by atoms with Gasteiger partial charge >= 0.3 is 5.97 Å². The number of carboxylic acids is 1. The van der Waals surface area contributed by atoms with E-state index in [0.29, 0.717) is 39.6 Å². The summed E-state index contributed by atoms with van der Waals surface area (Å²) in [5.41, 5.74) is 3.74. The van der Waals surface area contributed by atoms with Crippen LogP contribution in [0.2, 0.25) is 5.02 Å². The number of halogens is 1. The summed E-state index contributed by atoms with van der Waals surface area (Å²) in [5.74, 6) is -1.98. The molecular formula is C24H19ClN2O4. The first-order chi connectivity index (χ1) is 14.8. The summed E-state index contributed by atoms with van der Waals surface area (Å²) in [6, 6.07) is 18.8. The lowest BCUT2D eigenvalue weighted by molar-refractivity contribution is -0.138. The Labute approximate surface area is 184 Å². The number of fused-ring (bicyclic) bond motifs is 1. The van der Waals surface area contributed by atoms with Crippen molar-refractivity contribution in [1.82, 2.24) is 0 Å². The van der Waals surface area contributed by atoms with E-state index in [2.05, 4.69) is 5.32 Å². The quantitative estimate of drug-likeness (QED) is 0.595. The Bertz CT molecular complexity index is 1170. The fourth-order valence-electron chi connectivity index (χ4n) is 3.48. The summed E-state index contributed by atoms with van der Waals surface area (Å²) >= 11 is 5.86. The predicted molar refractivity (Wildman–Crippen MR) is 119 cm³/mol. The number of nitrogens with one attached hydrogen (secondary N) is 1. The van der Waals surface area contributed by atoms with Crippen LogP contribution in [0.4, 0.5) is 11.4 Å². The van der Waals surface area contributed by atoms with E-state index in [-0.39, 0.29) is 11.8 Å². The summed E-state index contributed by atoms with van der Waals surface area (Å²) in [6.45, 7) is 2.03. The number of benzene rings is 3. The highest BCUT2D eigenvalue weighted by Gasteiger charge is 2.29. The van der Waals surface area contributed by atoms with Crippen molar-refractivity contribution in [3.63, 3.8) is 0 Å². The first kappa shape index (κ1) is 20.6. The van der Waals surface area contributed by atoms with E-state index in [0.717, 1.165) is 5.56 Å². The van der Waals surface area contributed by atoms with Gasteiger partial charge in [0.15, 0.2) is 0 Å². The average molecular weight is 435 g/mol. The minimum atomic E-state index is -0.898. The standard InChI is InChI=1S/C24H19ClN2O4/c1-14(24(30)31)15-5-10-20(11-6-15)27-13-17-4-9-19(12-21(17)23(27)29)26-22(28)16-2-7-18(25)8-3-16/h2-12,14H,13H2,1H3,(H,26,28)(H,30,31). The van der Waals surface area contributed by atoms with Gasteiger partial charge in [0.2, 0.25) is 0 Å². The maximum absolute atomic E-state index is 13.0. The second-order valence-corrected chi connectivity index (χ2v) is 7.81. The van der Waals surface area contributed by atoms with Gasteiger partial charge in [-0.05, 0) is 66.6 Å². The van der Waals surface area contributed by atoms with Gasteiger partial charge in [0, 0.05) is 27.5 Å². The van der Waals surface area contributed by atoms with Crippen molar-refractivity contribution in [1.29, 1.82) is 0 Å². The van der Waals surface area contributed by atoms with E-state index in [1.165, 1.54) is 0 Å². The van der Waals surface area contributed by atoms with Crippen LogP contribution in [0.25, 0.3) is 0 Å². The van der Waals surface area contributed by atoms with Crippen LogP contribution in [-0.2, 0) is 11.3 Å². The maximum Gasteiger partial charge on any atom is 0.310 e. The Balaban J connectivity index is 1.51. The van der Waals surface area contributed by atoms with Crippen LogP contribution in [0.1, 0.15) is 44.7 Å². The van der Waals surface area contributed by atoms with Crippen molar-refractivity contribution < 1.29 is 19.5 Å². The van der Waals surface area contributed by atoms with Crippen LogP contribution >= 0.6 is 11.6 Å². The molecule has 3 aromatic rings. The van der Waals surface area contributed by atoms with Gasteiger partial charge in [0.25, 0.3) is 11.8 Å². The lowest BCUT2D eigenvalue weighted by atomic mass is 10.0. The molecule has 1 aliphatic rings. The van der Waals surface area contributed by atoms with Gasteiger partial charge in [0.1, 0.15) is 0 Å². The molecule has 4 rings (SSSR count). The van der Waals surface area contributed by atoms with Crippen LogP contribution in [0, 0.1) is 0 Å². The van der Waals surface area contributed by atoms with Gasteiger partial charge in [-0.15, -0.1) is 0 Å². The largest absolute Gasteiger partial charge is 0.481 e. The molecule has 0 saturated carbocycles. The van der Waals surface area contributed by atoms with Crippen molar-refractivity contribution in [3.05, 3.63) is 94.0 Å². The Morgan fingerprint density at radius 1 is 1.03 bits per heavy atom. The summed E-state index contributed by atoms with van der Waals surface area (Å²) in [4.78, 5) is 38.2. The van der Waals surface area contributed by atoms with Crippen LogP contribution in [0.15, 0.2) is 66.7 Å².